The highest BCUT2D eigenvalue weighted by molar-refractivity contribution is 6.30. The van der Waals surface area contributed by atoms with E-state index < -0.39 is 0 Å². The molecule has 0 aliphatic carbocycles. The monoisotopic (exact) mass is 284 g/mol. The van der Waals surface area contributed by atoms with Gasteiger partial charge in [0.2, 0.25) is 0 Å². The molecule has 19 heavy (non-hydrogen) atoms. The molecule has 2 nitrogen and oxygen atoms in total. The first-order valence-corrected chi connectivity index (χ1v) is 7.28. The normalized spacial score (nSPS) is 26.4. The Morgan fingerprint density at radius 2 is 2.00 bits per heavy atom. The highest BCUT2D eigenvalue weighted by atomic mass is 35.5. The lowest BCUT2D eigenvalue weighted by molar-refractivity contribution is 0.0967. The minimum absolute atomic E-state index is 0.0533. The fourth-order valence-corrected chi connectivity index (χ4v) is 3.37. The zero-order chi connectivity index (χ0) is 14.0. The molecule has 1 aromatic carbocycles. The Hall–Kier alpha value is -0.640. The van der Waals surface area contributed by atoms with Gasteiger partial charge in [0.25, 0.3) is 0 Å². The molecule has 3 atom stereocenters. The van der Waals surface area contributed by atoms with Crippen LogP contribution in [0.25, 0.3) is 0 Å². The zero-order valence-electron chi connectivity index (χ0n) is 11.6. The van der Waals surface area contributed by atoms with E-state index in [9.17, 15) is 4.39 Å². The van der Waals surface area contributed by atoms with Crippen LogP contribution in [-0.2, 0) is 0 Å². The molecule has 2 N–H and O–H groups in total. The van der Waals surface area contributed by atoms with Gasteiger partial charge in [-0.25, -0.2) is 4.39 Å². The lowest BCUT2D eigenvalue weighted by atomic mass is 9.89. The van der Waals surface area contributed by atoms with Crippen LogP contribution in [0.15, 0.2) is 18.2 Å². The largest absolute Gasteiger partial charge is 0.329 e. The number of hydrogen-bond acceptors (Lipinski definition) is 2. The number of likely N-dealkylation sites (tertiary alicyclic amines) is 1. The van der Waals surface area contributed by atoms with Crippen LogP contribution in [0.2, 0.25) is 5.02 Å². The second-order valence-corrected chi connectivity index (χ2v) is 6.25. The summed E-state index contributed by atoms with van der Waals surface area (Å²) in [7, 11) is 0. The van der Waals surface area contributed by atoms with Crippen molar-refractivity contribution in [2.24, 2.45) is 17.6 Å². The number of rotatable bonds is 3. The van der Waals surface area contributed by atoms with E-state index in [2.05, 4.69) is 18.7 Å². The molecule has 1 aliphatic heterocycles. The van der Waals surface area contributed by atoms with E-state index in [1.54, 1.807) is 12.1 Å². The van der Waals surface area contributed by atoms with Gasteiger partial charge in [0, 0.05) is 36.3 Å². The first kappa shape index (κ1) is 14.8. The molecule has 2 rings (SSSR count). The van der Waals surface area contributed by atoms with E-state index in [0.717, 1.165) is 13.1 Å². The number of nitrogens with two attached hydrogens (primary N) is 1. The third kappa shape index (κ3) is 3.47. The maximum Gasteiger partial charge on any atom is 0.129 e. The number of nitrogens with zero attached hydrogens (tertiary/aromatic N) is 1. The molecule has 1 heterocycles. The molecule has 4 heteroatoms. The number of piperidine rings is 1. The summed E-state index contributed by atoms with van der Waals surface area (Å²) in [4.78, 5) is 2.31. The fourth-order valence-electron chi connectivity index (χ4n) is 3.21. The smallest absolute Gasteiger partial charge is 0.129 e. The van der Waals surface area contributed by atoms with Gasteiger partial charge in [-0.15, -0.1) is 0 Å². The Kier molecular flexibility index (Phi) is 4.82. The summed E-state index contributed by atoms with van der Waals surface area (Å²) in [5.74, 6) is 1.01. The van der Waals surface area contributed by atoms with Gasteiger partial charge < -0.3 is 5.73 Å². The van der Waals surface area contributed by atoms with Crippen molar-refractivity contribution in [1.82, 2.24) is 4.90 Å². The summed E-state index contributed by atoms with van der Waals surface area (Å²) >= 11 is 5.81. The van der Waals surface area contributed by atoms with Crippen molar-refractivity contribution < 1.29 is 4.39 Å². The molecule has 1 saturated heterocycles. The fraction of sp³-hybridized carbons (Fsp3) is 0.600. The van der Waals surface area contributed by atoms with Gasteiger partial charge >= 0.3 is 0 Å². The van der Waals surface area contributed by atoms with Crippen LogP contribution in [0, 0.1) is 17.7 Å². The maximum absolute atomic E-state index is 14.1. The molecular weight excluding hydrogens is 263 g/mol. The van der Waals surface area contributed by atoms with Gasteiger partial charge in [0.1, 0.15) is 5.82 Å². The van der Waals surface area contributed by atoms with Crippen molar-refractivity contribution >= 4 is 11.6 Å². The molecule has 3 unspecified atom stereocenters. The summed E-state index contributed by atoms with van der Waals surface area (Å²) in [5, 5.41) is 0.428. The molecule has 0 amide bonds. The van der Waals surface area contributed by atoms with Crippen LogP contribution in [-0.4, -0.2) is 24.5 Å². The topological polar surface area (TPSA) is 29.3 Å². The third-order valence-corrected chi connectivity index (χ3v) is 4.12. The highest BCUT2D eigenvalue weighted by Crippen LogP contribution is 2.30. The molecule has 0 radical (unpaired) electrons. The molecule has 1 aliphatic rings. The number of hydrogen-bond donors (Lipinski definition) is 1. The molecule has 0 bridgehead atoms. The molecule has 0 aromatic heterocycles. The van der Waals surface area contributed by atoms with E-state index in [0.29, 0.717) is 29.0 Å². The standard InChI is InChI=1S/C15H22ClFN2/c1-10-5-11(2)9-19(8-10)15(7-18)13-4-3-12(16)6-14(13)17/h3-4,6,10-11,15H,5,7-9,18H2,1-2H3. The predicted molar refractivity (Wildman–Crippen MR) is 77.7 cm³/mol. The minimum Gasteiger partial charge on any atom is -0.329 e. The van der Waals surface area contributed by atoms with E-state index in [-0.39, 0.29) is 11.9 Å². The van der Waals surface area contributed by atoms with Gasteiger partial charge in [-0.1, -0.05) is 31.5 Å². The average molecular weight is 285 g/mol. The van der Waals surface area contributed by atoms with Gasteiger partial charge in [-0.05, 0) is 30.4 Å². The first-order chi connectivity index (χ1) is 9.01. The summed E-state index contributed by atoms with van der Waals surface area (Å²) in [5.41, 5.74) is 6.55. The minimum atomic E-state index is -0.256. The van der Waals surface area contributed by atoms with Crippen LogP contribution in [0.4, 0.5) is 4.39 Å². The molecule has 0 spiro atoms. The molecule has 1 fully saturated rings. The van der Waals surface area contributed by atoms with Crippen LogP contribution >= 0.6 is 11.6 Å². The Bertz CT molecular complexity index is 428. The van der Waals surface area contributed by atoms with Gasteiger partial charge in [-0.2, -0.15) is 0 Å². The van der Waals surface area contributed by atoms with Crippen LogP contribution in [0.3, 0.4) is 0 Å². The predicted octanol–water partition coefficient (Wildman–Crippen LogP) is 3.46. The average Bonchev–Trinajstić information content (AvgIpc) is 2.31. The van der Waals surface area contributed by atoms with Crippen LogP contribution < -0.4 is 5.73 Å². The molecular formula is C15H22ClFN2. The zero-order valence-corrected chi connectivity index (χ0v) is 12.3. The van der Waals surface area contributed by atoms with E-state index in [4.69, 9.17) is 17.3 Å². The Morgan fingerprint density at radius 3 is 2.53 bits per heavy atom. The number of halogens is 2. The first-order valence-electron chi connectivity index (χ1n) is 6.90. The summed E-state index contributed by atoms with van der Waals surface area (Å²) in [6.07, 6.45) is 1.23. The van der Waals surface area contributed by atoms with Crippen LogP contribution in [0.1, 0.15) is 31.9 Å². The van der Waals surface area contributed by atoms with E-state index in [1.165, 1.54) is 12.5 Å². The quantitative estimate of drug-likeness (QED) is 0.921. The van der Waals surface area contributed by atoms with Crippen molar-refractivity contribution in [3.8, 4) is 0 Å². The Morgan fingerprint density at radius 1 is 1.37 bits per heavy atom. The van der Waals surface area contributed by atoms with E-state index in [1.807, 2.05) is 0 Å². The SMILES string of the molecule is CC1CC(C)CN(C(CN)c2ccc(Cl)cc2F)C1. The third-order valence-electron chi connectivity index (χ3n) is 3.88. The second-order valence-electron chi connectivity index (χ2n) is 5.82. The lowest BCUT2D eigenvalue weighted by Gasteiger charge is -2.40. The molecule has 0 saturated carbocycles. The number of benzene rings is 1. The van der Waals surface area contributed by atoms with Gasteiger partial charge in [0.15, 0.2) is 0 Å². The summed E-state index contributed by atoms with van der Waals surface area (Å²) in [6, 6.07) is 4.82. The van der Waals surface area contributed by atoms with Crippen molar-refractivity contribution in [3.63, 3.8) is 0 Å². The molecule has 1 aromatic rings. The summed E-state index contributed by atoms with van der Waals surface area (Å²) < 4.78 is 14.1. The van der Waals surface area contributed by atoms with Crippen molar-refractivity contribution in [2.75, 3.05) is 19.6 Å². The Labute approximate surface area is 119 Å². The van der Waals surface area contributed by atoms with Crippen LogP contribution in [0.5, 0.6) is 0 Å². The lowest BCUT2D eigenvalue weighted by Crippen LogP contribution is -2.43. The van der Waals surface area contributed by atoms with Gasteiger partial charge in [0.05, 0.1) is 0 Å². The maximum atomic E-state index is 14.1. The van der Waals surface area contributed by atoms with Crippen molar-refractivity contribution in [3.05, 3.63) is 34.6 Å². The second kappa shape index (κ2) is 6.21. The molecule has 106 valence electrons. The van der Waals surface area contributed by atoms with Crippen molar-refractivity contribution in [1.29, 1.82) is 0 Å². The summed E-state index contributed by atoms with van der Waals surface area (Å²) in [6.45, 7) is 6.88. The van der Waals surface area contributed by atoms with E-state index >= 15 is 0 Å². The highest BCUT2D eigenvalue weighted by Gasteiger charge is 2.29. The Balaban J connectivity index is 2.23. The van der Waals surface area contributed by atoms with Gasteiger partial charge in [-0.3, -0.25) is 4.90 Å². The van der Waals surface area contributed by atoms with Crippen molar-refractivity contribution in [2.45, 2.75) is 26.3 Å².